The van der Waals surface area contributed by atoms with Gasteiger partial charge in [-0.15, -0.1) is 0 Å². The van der Waals surface area contributed by atoms with Crippen LogP contribution in [0.25, 0.3) is 12.7 Å². The first-order valence-electron chi connectivity index (χ1n) is 7.77. The maximum absolute atomic E-state index is 9.01. The van der Waals surface area contributed by atoms with Gasteiger partial charge >= 0.3 is 148 Å². The number of rotatable bonds is 1. The van der Waals surface area contributed by atoms with Crippen LogP contribution in [-0.2, 0) is 0 Å². The molecular weight excluding hydrogens is 403 g/mol. The zero-order chi connectivity index (χ0) is 15.4. The summed E-state index contributed by atoms with van der Waals surface area (Å²) >= 11 is -0.206. The number of hydrogen-bond donors (Lipinski definition) is 1. The summed E-state index contributed by atoms with van der Waals surface area (Å²) in [7, 11) is 0. The second kappa shape index (κ2) is 5.22. The van der Waals surface area contributed by atoms with Gasteiger partial charge in [0.15, 0.2) is 0 Å². The number of thioether (sulfide) groups is 1. The molecule has 0 spiro atoms. The molecule has 1 fully saturated rings. The first kappa shape index (κ1) is 13.8. The third-order valence-corrected chi connectivity index (χ3v) is 15.7. The Labute approximate surface area is 147 Å². The van der Waals surface area contributed by atoms with E-state index in [1.807, 2.05) is 23.9 Å². The van der Waals surface area contributed by atoms with Crippen molar-refractivity contribution in [2.45, 2.75) is 0 Å². The Bertz CT molecular complexity index is 927. The third-order valence-electron chi connectivity index (χ3n) is 4.95. The molecule has 0 radical (unpaired) electrons. The Morgan fingerprint density at radius 2 is 2.00 bits per heavy atom. The van der Waals surface area contributed by atoms with Crippen molar-refractivity contribution < 1.29 is 0 Å². The molecule has 108 valence electrons. The fraction of sp³-hybridized carbons (Fsp3) is 0.105. The number of hydrogen-bond acceptors (Lipinski definition) is 3. The number of benzene rings is 2. The Kier molecular flexibility index (Phi) is 3.14. The van der Waals surface area contributed by atoms with Gasteiger partial charge in [0.1, 0.15) is 0 Å². The zero-order valence-corrected chi connectivity index (χ0v) is 16.6. The molecule has 23 heavy (non-hydrogen) atoms. The molecule has 0 aliphatic carbocycles. The molecule has 1 N–H and O–H groups in total. The molecule has 4 bridgehead atoms. The third kappa shape index (κ3) is 1.96. The van der Waals surface area contributed by atoms with Crippen LogP contribution in [0.4, 0.5) is 0 Å². The van der Waals surface area contributed by atoms with E-state index in [0.717, 1.165) is 17.2 Å². The Balaban J connectivity index is 1.67. The molecule has 5 rings (SSSR count). The van der Waals surface area contributed by atoms with Crippen LogP contribution in [0.1, 0.15) is 22.3 Å². The van der Waals surface area contributed by atoms with Crippen LogP contribution < -0.4 is 8.64 Å². The van der Waals surface area contributed by atoms with Crippen LogP contribution in [0.15, 0.2) is 48.2 Å². The van der Waals surface area contributed by atoms with Gasteiger partial charge in [-0.1, -0.05) is 0 Å². The number of nitriles is 1. The van der Waals surface area contributed by atoms with Crippen LogP contribution >= 0.6 is 11.8 Å². The molecule has 0 saturated carbocycles. The second-order valence-corrected chi connectivity index (χ2v) is 14.7. The van der Waals surface area contributed by atoms with Gasteiger partial charge in [-0.25, -0.2) is 0 Å². The van der Waals surface area contributed by atoms with Crippen molar-refractivity contribution in [2.24, 2.45) is 0 Å². The van der Waals surface area contributed by atoms with E-state index < -0.39 is 21.4 Å². The molecular formula is C19H13InN2S. The zero-order valence-electron chi connectivity index (χ0n) is 12.5. The fourth-order valence-corrected chi connectivity index (χ4v) is 16.0. The van der Waals surface area contributed by atoms with E-state index in [1.165, 1.54) is 22.4 Å². The number of nitrogens with zero attached hydrogens (tertiary/aromatic N) is 1. The summed E-state index contributed by atoms with van der Waals surface area (Å²) in [6, 6.07) is 17.2. The maximum atomic E-state index is 9.01. The van der Waals surface area contributed by atoms with E-state index >= 15 is 0 Å². The van der Waals surface area contributed by atoms with Crippen molar-refractivity contribution in [1.29, 1.82) is 5.26 Å². The molecule has 0 amide bonds. The van der Waals surface area contributed by atoms with Crippen LogP contribution in [0.3, 0.4) is 0 Å². The summed E-state index contributed by atoms with van der Waals surface area (Å²) in [6.07, 6.45) is 2.43. The van der Waals surface area contributed by atoms with Gasteiger partial charge in [-0.3, -0.25) is 0 Å². The molecule has 3 aliphatic heterocycles. The molecule has 1 saturated heterocycles. The Hall–Kier alpha value is -1.57. The molecule has 0 atom stereocenters. The summed E-state index contributed by atoms with van der Waals surface area (Å²) in [6.45, 7) is 0. The SMILES string of the molecule is N#Cc1ccc([C]2=Cc3c4ccc[c]3[In]2/[C]4=C2/CSCN2)cc1. The molecule has 3 heterocycles. The fourth-order valence-electron chi connectivity index (χ4n) is 3.94. The van der Waals surface area contributed by atoms with Crippen molar-refractivity contribution >= 4 is 49.3 Å². The summed E-state index contributed by atoms with van der Waals surface area (Å²) in [5.41, 5.74) is 6.51. The Morgan fingerprint density at radius 3 is 2.70 bits per heavy atom. The molecule has 0 aromatic heterocycles. The molecule has 4 heteroatoms. The van der Waals surface area contributed by atoms with Crippen LogP contribution in [0, 0.1) is 11.3 Å². The van der Waals surface area contributed by atoms with E-state index in [0.29, 0.717) is 0 Å². The average Bonchev–Trinajstić information content (AvgIpc) is 3.29. The van der Waals surface area contributed by atoms with E-state index in [2.05, 4.69) is 47.8 Å². The summed E-state index contributed by atoms with van der Waals surface area (Å²) in [5, 5.41) is 12.6. The molecule has 2 aromatic rings. The van der Waals surface area contributed by atoms with Gasteiger partial charge in [0.05, 0.1) is 0 Å². The normalized spacial score (nSPS) is 20.5. The first-order valence-corrected chi connectivity index (χ1v) is 13.9. The molecule has 0 unspecified atom stereocenters. The van der Waals surface area contributed by atoms with E-state index in [4.69, 9.17) is 5.26 Å². The summed E-state index contributed by atoms with van der Waals surface area (Å²) in [4.78, 5) is 0. The van der Waals surface area contributed by atoms with Crippen molar-refractivity contribution in [3.05, 3.63) is 70.4 Å². The van der Waals surface area contributed by atoms with Gasteiger partial charge in [-0.2, -0.15) is 0 Å². The van der Waals surface area contributed by atoms with Crippen molar-refractivity contribution in [3.63, 3.8) is 0 Å². The minimum absolute atomic E-state index is 0.738. The minimum atomic E-state index is -2.18. The molecule has 2 aromatic carbocycles. The van der Waals surface area contributed by atoms with Gasteiger partial charge in [0.2, 0.25) is 0 Å². The Morgan fingerprint density at radius 1 is 1.13 bits per heavy atom. The van der Waals surface area contributed by atoms with Gasteiger partial charge in [-0.05, 0) is 0 Å². The first-order chi connectivity index (χ1) is 11.4. The van der Waals surface area contributed by atoms with E-state index in [1.54, 1.807) is 9.98 Å². The summed E-state index contributed by atoms with van der Waals surface area (Å²) in [5.74, 6) is 2.17. The van der Waals surface area contributed by atoms with Crippen molar-refractivity contribution in [3.8, 4) is 6.07 Å². The van der Waals surface area contributed by atoms with Crippen LogP contribution in [0.2, 0.25) is 0 Å². The summed E-state index contributed by atoms with van der Waals surface area (Å²) < 4.78 is 4.89. The van der Waals surface area contributed by atoms with Crippen molar-refractivity contribution in [2.75, 3.05) is 11.6 Å². The predicted octanol–water partition coefficient (Wildman–Crippen LogP) is 2.91. The number of nitrogens with one attached hydrogen (secondary N) is 1. The standard InChI is InChI=1S/C19H13N2S.In/c20-12-16-7-5-15(6-8-16)9-10-17-3-1-2-4-18(17)11-19-13-22-14-21-19;/h1-2,4-8,10,21H,13-14H2;. The van der Waals surface area contributed by atoms with Gasteiger partial charge in [0, 0.05) is 0 Å². The second-order valence-electron chi connectivity index (χ2n) is 6.09. The van der Waals surface area contributed by atoms with E-state index in [9.17, 15) is 0 Å². The molecule has 3 aliphatic rings. The quantitative estimate of drug-likeness (QED) is 0.777. The molecule has 2 nitrogen and oxygen atoms in total. The van der Waals surface area contributed by atoms with Crippen LogP contribution in [0.5, 0.6) is 0 Å². The topological polar surface area (TPSA) is 35.8 Å². The van der Waals surface area contributed by atoms with Crippen molar-refractivity contribution in [1.82, 2.24) is 5.32 Å². The van der Waals surface area contributed by atoms with Gasteiger partial charge in [0.25, 0.3) is 0 Å². The van der Waals surface area contributed by atoms with Crippen LogP contribution in [-0.4, -0.2) is 33.1 Å². The predicted molar refractivity (Wildman–Crippen MR) is 98.2 cm³/mol. The average molecular weight is 416 g/mol. The van der Waals surface area contributed by atoms with E-state index in [-0.39, 0.29) is 0 Å². The monoisotopic (exact) mass is 416 g/mol. The van der Waals surface area contributed by atoms with Gasteiger partial charge < -0.3 is 0 Å².